The highest BCUT2D eigenvalue weighted by atomic mass is 19.1. The molecule has 4 N–H and O–H groups in total. The Labute approximate surface area is 108 Å². The van der Waals surface area contributed by atoms with E-state index >= 15 is 0 Å². The van der Waals surface area contributed by atoms with Crippen LogP contribution in [0.3, 0.4) is 0 Å². The van der Waals surface area contributed by atoms with Gasteiger partial charge in [-0.15, -0.1) is 0 Å². The lowest BCUT2D eigenvalue weighted by atomic mass is 10.1. The summed E-state index contributed by atoms with van der Waals surface area (Å²) < 4.78 is 13.3. The van der Waals surface area contributed by atoms with Crippen molar-refractivity contribution in [3.63, 3.8) is 0 Å². The number of hydrogen-bond acceptors (Lipinski definition) is 3. The van der Waals surface area contributed by atoms with Gasteiger partial charge in [0.25, 0.3) is 0 Å². The average Bonchev–Trinajstić information content (AvgIpc) is 2.30. The lowest BCUT2D eigenvalue weighted by Crippen LogP contribution is -2.44. The topological polar surface area (TPSA) is 109 Å². The second-order valence-corrected chi connectivity index (χ2v) is 3.90. The van der Waals surface area contributed by atoms with Crippen molar-refractivity contribution in [1.82, 2.24) is 5.32 Å². The molecule has 0 fully saturated rings. The van der Waals surface area contributed by atoms with Crippen molar-refractivity contribution in [3.8, 4) is 0 Å². The molecule has 0 saturated heterocycles. The van der Waals surface area contributed by atoms with Crippen LogP contribution in [0.5, 0.6) is 0 Å². The van der Waals surface area contributed by atoms with E-state index in [1.165, 1.54) is 18.2 Å². The molecule has 1 aromatic carbocycles. The van der Waals surface area contributed by atoms with E-state index in [0.717, 1.165) is 0 Å². The van der Waals surface area contributed by atoms with Crippen LogP contribution in [0.2, 0.25) is 0 Å². The minimum Gasteiger partial charge on any atom is -0.480 e. The Morgan fingerprint density at radius 1 is 1.32 bits per heavy atom. The van der Waals surface area contributed by atoms with Crippen LogP contribution in [0.15, 0.2) is 24.3 Å². The van der Waals surface area contributed by atoms with Crippen LogP contribution in [0.25, 0.3) is 0 Å². The zero-order valence-electron chi connectivity index (χ0n) is 9.93. The van der Waals surface area contributed by atoms with Gasteiger partial charge < -0.3 is 16.2 Å². The smallest absolute Gasteiger partial charge is 0.326 e. The third kappa shape index (κ3) is 4.74. The summed E-state index contributed by atoms with van der Waals surface area (Å²) in [6, 6.07) is 4.24. The fraction of sp³-hybridized carbons (Fsp3) is 0.250. The van der Waals surface area contributed by atoms with Gasteiger partial charge in [-0.1, -0.05) is 18.2 Å². The number of amides is 2. The molecule has 1 aromatic rings. The molecule has 102 valence electrons. The second-order valence-electron chi connectivity index (χ2n) is 3.90. The maximum absolute atomic E-state index is 13.3. The minimum atomic E-state index is -1.41. The van der Waals surface area contributed by atoms with Gasteiger partial charge in [0.05, 0.1) is 12.8 Å². The van der Waals surface area contributed by atoms with E-state index in [9.17, 15) is 18.8 Å². The quantitative estimate of drug-likeness (QED) is 0.664. The van der Waals surface area contributed by atoms with Gasteiger partial charge in [0.2, 0.25) is 11.8 Å². The molecule has 0 heterocycles. The van der Waals surface area contributed by atoms with Crippen molar-refractivity contribution in [2.45, 2.75) is 18.9 Å². The van der Waals surface area contributed by atoms with Gasteiger partial charge in [-0.25, -0.2) is 9.18 Å². The van der Waals surface area contributed by atoms with Gasteiger partial charge in [0.15, 0.2) is 0 Å². The molecule has 0 aliphatic heterocycles. The Bertz CT molecular complexity index is 504. The normalized spacial score (nSPS) is 11.6. The van der Waals surface area contributed by atoms with Gasteiger partial charge in [-0.05, 0) is 11.6 Å². The van der Waals surface area contributed by atoms with Gasteiger partial charge in [0.1, 0.15) is 11.9 Å². The van der Waals surface area contributed by atoms with Crippen molar-refractivity contribution in [2.24, 2.45) is 5.73 Å². The molecule has 19 heavy (non-hydrogen) atoms. The molecule has 0 saturated carbocycles. The Morgan fingerprint density at radius 3 is 2.47 bits per heavy atom. The molecule has 0 spiro atoms. The van der Waals surface area contributed by atoms with Crippen LogP contribution in [0.1, 0.15) is 12.0 Å². The molecule has 0 aromatic heterocycles. The predicted octanol–water partition coefficient (Wildman–Crippen LogP) is -0.187. The van der Waals surface area contributed by atoms with Crippen LogP contribution in [0.4, 0.5) is 4.39 Å². The number of carbonyl (C=O) groups is 3. The van der Waals surface area contributed by atoms with Crippen LogP contribution in [0, 0.1) is 5.82 Å². The van der Waals surface area contributed by atoms with Crippen molar-refractivity contribution in [3.05, 3.63) is 35.6 Å². The molecule has 1 unspecified atom stereocenters. The lowest BCUT2D eigenvalue weighted by Gasteiger charge is -2.12. The average molecular weight is 268 g/mol. The van der Waals surface area contributed by atoms with E-state index in [0.29, 0.717) is 0 Å². The first-order valence-corrected chi connectivity index (χ1v) is 5.44. The molecular weight excluding hydrogens is 255 g/mol. The third-order valence-electron chi connectivity index (χ3n) is 2.35. The number of carbonyl (C=O) groups excluding carboxylic acids is 2. The molecule has 0 aliphatic rings. The summed E-state index contributed by atoms with van der Waals surface area (Å²) in [5.74, 6) is -3.47. The number of carboxylic acids is 1. The maximum Gasteiger partial charge on any atom is 0.326 e. The third-order valence-corrected chi connectivity index (χ3v) is 2.35. The minimum absolute atomic E-state index is 0.142. The van der Waals surface area contributed by atoms with E-state index in [-0.39, 0.29) is 12.0 Å². The van der Waals surface area contributed by atoms with Crippen LogP contribution in [-0.4, -0.2) is 28.9 Å². The summed E-state index contributed by atoms with van der Waals surface area (Å²) in [6.07, 6.45) is -0.826. The number of aliphatic carboxylic acids is 1. The number of hydrogen-bond donors (Lipinski definition) is 3. The van der Waals surface area contributed by atoms with Gasteiger partial charge in [-0.2, -0.15) is 0 Å². The number of halogens is 1. The number of nitrogens with one attached hydrogen (secondary N) is 1. The van der Waals surface area contributed by atoms with E-state index < -0.39 is 36.1 Å². The molecule has 1 atom stereocenters. The Hall–Kier alpha value is -2.44. The number of benzene rings is 1. The van der Waals surface area contributed by atoms with Gasteiger partial charge in [-0.3, -0.25) is 9.59 Å². The Morgan fingerprint density at radius 2 is 1.95 bits per heavy atom. The first-order valence-electron chi connectivity index (χ1n) is 5.44. The first-order chi connectivity index (χ1) is 8.90. The molecule has 6 nitrogen and oxygen atoms in total. The van der Waals surface area contributed by atoms with Crippen molar-refractivity contribution >= 4 is 17.8 Å². The van der Waals surface area contributed by atoms with E-state index in [2.05, 4.69) is 5.32 Å². The molecule has 0 aliphatic carbocycles. The molecule has 1 rings (SSSR count). The van der Waals surface area contributed by atoms with E-state index in [4.69, 9.17) is 10.8 Å². The van der Waals surface area contributed by atoms with Crippen molar-refractivity contribution < 1.29 is 23.9 Å². The zero-order chi connectivity index (χ0) is 14.4. The number of primary amides is 1. The van der Waals surface area contributed by atoms with Gasteiger partial charge >= 0.3 is 5.97 Å². The number of rotatable bonds is 6. The zero-order valence-corrected chi connectivity index (χ0v) is 9.93. The molecule has 0 bridgehead atoms. The number of carboxylic acid groups (broad SMARTS) is 1. The second kappa shape index (κ2) is 6.48. The summed E-state index contributed by atoms with van der Waals surface area (Å²) in [5, 5.41) is 10.9. The summed E-state index contributed by atoms with van der Waals surface area (Å²) in [4.78, 5) is 33.0. The first kappa shape index (κ1) is 14.6. The van der Waals surface area contributed by atoms with E-state index in [1.54, 1.807) is 6.07 Å². The highest BCUT2D eigenvalue weighted by Crippen LogP contribution is 2.07. The van der Waals surface area contributed by atoms with Crippen LogP contribution in [-0.2, 0) is 20.8 Å². The highest BCUT2D eigenvalue weighted by Gasteiger charge is 2.22. The Kier molecular flexibility index (Phi) is 4.99. The lowest BCUT2D eigenvalue weighted by molar-refractivity contribution is -0.143. The molecule has 2 amide bonds. The fourth-order valence-corrected chi connectivity index (χ4v) is 1.46. The van der Waals surface area contributed by atoms with Crippen LogP contribution < -0.4 is 11.1 Å². The van der Waals surface area contributed by atoms with Gasteiger partial charge in [0, 0.05) is 0 Å². The Balaban J connectivity index is 2.65. The summed E-state index contributed by atoms with van der Waals surface area (Å²) in [6.45, 7) is 0. The molecule has 7 heteroatoms. The summed E-state index contributed by atoms with van der Waals surface area (Å²) in [5.41, 5.74) is 5.01. The van der Waals surface area contributed by atoms with Crippen molar-refractivity contribution in [2.75, 3.05) is 0 Å². The number of nitrogens with two attached hydrogens (primary N) is 1. The summed E-state index contributed by atoms with van der Waals surface area (Å²) >= 11 is 0. The van der Waals surface area contributed by atoms with Crippen LogP contribution >= 0.6 is 0 Å². The molecular formula is C12H13FN2O4. The molecule has 0 radical (unpaired) electrons. The standard InChI is InChI=1S/C12H13FN2O4/c13-8-4-2-1-3-7(8)5-11(17)15-9(12(18)19)6-10(14)16/h1-4,9H,5-6H2,(H2,14,16)(H,15,17)(H,18,19). The van der Waals surface area contributed by atoms with E-state index in [1.807, 2.05) is 0 Å². The maximum atomic E-state index is 13.3. The predicted molar refractivity (Wildman–Crippen MR) is 63.5 cm³/mol. The summed E-state index contributed by atoms with van der Waals surface area (Å²) in [7, 11) is 0. The fourth-order valence-electron chi connectivity index (χ4n) is 1.46. The monoisotopic (exact) mass is 268 g/mol. The largest absolute Gasteiger partial charge is 0.480 e. The SMILES string of the molecule is NC(=O)CC(NC(=O)Cc1ccccc1F)C(=O)O. The highest BCUT2D eigenvalue weighted by molar-refractivity contribution is 5.88. The van der Waals surface area contributed by atoms with Crippen molar-refractivity contribution in [1.29, 1.82) is 0 Å².